The first-order valence-electron chi connectivity index (χ1n) is 6.22. The highest BCUT2D eigenvalue weighted by Gasteiger charge is 2.19. The molecule has 0 saturated heterocycles. The van der Waals surface area contributed by atoms with Crippen LogP contribution in [0.3, 0.4) is 0 Å². The average molecular weight is 307 g/mol. The van der Waals surface area contributed by atoms with Crippen LogP contribution in [0.2, 0.25) is 0 Å². The molecule has 116 valence electrons. The fourth-order valence-corrected chi connectivity index (χ4v) is 1.54. The summed E-state index contributed by atoms with van der Waals surface area (Å²) in [6.45, 7) is 1.32. The lowest BCUT2D eigenvalue weighted by molar-refractivity contribution is -0.0848. The zero-order chi connectivity index (χ0) is 16.1. The van der Waals surface area contributed by atoms with Crippen LogP contribution in [0.5, 0.6) is 11.8 Å². The van der Waals surface area contributed by atoms with E-state index in [1.807, 2.05) is 0 Å². The molecule has 1 aromatic carbocycles. The number of carbonyl (C=O) groups is 2. The first-order valence-corrected chi connectivity index (χ1v) is 6.22. The number of aromatic nitrogens is 1. The number of nitrogens with zero attached hydrogens (tertiary/aromatic N) is 1. The molecule has 0 bridgehead atoms. The van der Waals surface area contributed by atoms with Crippen LogP contribution in [0.4, 0.5) is 4.79 Å². The van der Waals surface area contributed by atoms with Gasteiger partial charge >= 0.3 is 12.1 Å². The minimum atomic E-state index is -1.27. The van der Waals surface area contributed by atoms with Crippen LogP contribution in [0, 0.1) is 0 Å². The Morgan fingerprint density at radius 2 is 1.59 bits per heavy atom. The van der Waals surface area contributed by atoms with Gasteiger partial charge in [0, 0.05) is 19.1 Å². The molecule has 0 aliphatic heterocycles. The maximum Gasteiger partial charge on any atom is 0.537 e. The Balaban J connectivity index is 1.88. The second-order valence-corrected chi connectivity index (χ2v) is 4.14. The van der Waals surface area contributed by atoms with E-state index in [4.69, 9.17) is 4.74 Å². The highest BCUT2D eigenvalue weighted by Crippen LogP contribution is 2.19. The van der Waals surface area contributed by atoms with Crippen LogP contribution >= 0.6 is 0 Å². The third-order valence-corrected chi connectivity index (χ3v) is 2.51. The second kappa shape index (κ2) is 6.53. The molecule has 1 aromatic heterocycles. The molecule has 1 unspecified atom stereocenters. The Kier molecular flexibility index (Phi) is 4.52. The Morgan fingerprint density at radius 3 is 2.18 bits per heavy atom. The lowest BCUT2D eigenvalue weighted by Gasteiger charge is -2.14. The van der Waals surface area contributed by atoms with Gasteiger partial charge in [0.05, 0.1) is 5.56 Å². The summed E-state index contributed by atoms with van der Waals surface area (Å²) in [4.78, 5) is 27.7. The summed E-state index contributed by atoms with van der Waals surface area (Å²) in [6.07, 6.45) is -2.49. The third-order valence-electron chi connectivity index (χ3n) is 2.51. The normalized spacial score (nSPS) is 11.5. The topological polar surface area (TPSA) is 107 Å². The van der Waals surface area contributed by atoms with Gasteiger partial charge in [0.2, 0.25) is 18.1 Å². The fraction of sp³-hybridized carbons (Fsp3) is 0.143. The standard InChI is InChI=1S/C14H13NO7/c1-9(20-13(18)10-5-3-2-4-6-10)21-14(19)22-15-11(16)7-8-12(15)17/h2-9,16-17H,1H3. The fourth-order valence-electron chi connectivity index (χ4n) is 1.54. The summed E-state index contributed by atoms with van der Waals surface area (Å²) in [5.41, 5.74) is 0.298. The van der Waals surface area contributed by atoms with Crippen molar-refractivity contribution in [2.24, 2.45) is 0 Å². The van der Waals surface area contributed by atoms with Crippen molar-refractivity contribution in [3.63, 3.8) is 0 Å². The van der Waals surface area contributed by atoms with E-state index in [0.717, 1.165) is 12.1 Å². The van der Waals surface area contributed by atoms with Gasteiger partial charge in [0.1, 0.15) is 0 Å². The molecule has 22 heavy (non-hydrogen) atoms. The number of aromatic hydroxyl groups is 2. The maximum atomic E-state index is 11.7. The summed E-state index contributed by atoms with van der Waals surface area (Å²) >= 11 is 0. The molecule has 0 aliphatic carbocycles. The predicted molar refractivity (Wildman–Crippen MR) is 72.1 cm³/mol. The van der Waals surface area contributed by atoms with Gasteiger partial charge in [-0.15, -0.1) is 4.73 Å². The lowest BCUT2D eigenvalue weighted by atomic mass is 10.2. The lowest BCUT2D eigenvalue weighted by Crippen LogP contribution is -2.27. The molecule has 2 aromatic rings. The van der Waals surface area contributed by atoms with E-state index < -0.39 is 30.2 Å². The number of ether oxygens (including phenoxy) is 2. The first-order chi connectivity index (χ1) is 10.5. The maximum absolute atomic E-state index is 11.7. The Morgan fingerprint density at radius 1 is 1.00 bits per heavy atom. The Hall–Kier alpha value is -3.16. The molecule has 1 atom stereocenters. The van der Waals surface area contributed by atoms with Gasteiger partial charge in [-0.1, -0.05) is 18.2 Å². The Labute approximate surface area is 125 Å². The van der Waals surface area contributed by atoms with E-state index in [9.17, 15) is 19.8 Å². The second-order valence-electron chi connectivity index (χ2n) is 4.14. The monoisotopic (exact) mass is 307 g/mol. The SMILES string of the molecule is CC(OC(=O)On1c(O)ccc1O)OC(=O)c1ccccc1. The molecule has 0 radical (unpaired) electrons. The summed E-state index contributed by atoms with van der Waals surface area (Å²) in [5, 5.41) is 18.6. The molecule has 2 rings (SSSR count). The predicted octanol–water partition coefficient (Wildman–Crippen LogP) is 1.67. The van der Waals surface area contributed by atoms with Gasteiger partial charge in [0.25, 0.3) is 0 Å². The van der Waals surface area contributed by atoms with Crippen molar-refractivity contribution in [1.82, 2.24) is 4.73 Å². The van der Waals surface area contributed by atoms with Crippen LogP contribution in [-0.2, 0) is 9.47 Å². The summed E-state index contributed by atoms with van der Waals surface area (Å²) < 4.78 is 10.0. The first kappa shape index (κ1) is 15.2. The van der Waals surface area contributed by atoms with Crippen LogP contribution in [0.15, 0.2) is 42.5 Å². The number of carbonyl (C=O) groups excluding carboxylic acids is 2. The van der Waals surface area contributed by atoms with Crippen LogP contribution in [0.25, 0.3) is 0 Å². The zero-order valence-corrected chi connectivity index (χ0v) is 11.5. The van der Waals surface area contributed by atoms with Crippen LogP contribution in [0.1, 0.15) is 17.3 Å². The van der Waals surface area contributed by atoms with Crippen molar-refractivity contribution < 1.29 is 34.1 Å². The van der Waals surface area contributed by atoms with Gasteiger partial charge < -0.3 is 19.7 Å². The highest BCUT2D eigenvalue weighted by molar-refractivity contribution is 5.89. The van der Waals surface area contributed by atoms with Crippen molar-refractivity contribution in [3.8, 4) is 11.8 Å². The minimum absolute atomic E-state index is 0.298. The zero-order valence-electron chi connectivity index (χ0n) is 11.5. The molecule has 0 amide bonds. The van der Waals surface area contributed by atoms with Gasteiger partial charge in [-0.3, -0.25) is 4.84 Å². The number of rotatable bonds is 4. The molecule has 8 heteroatoms. The summed E-state index contributed by atoms with van der Waals surface area (Å²) in [6, 6.07) is 10.4. The van der Waals surface area contributed by atoms with Gasteiger partial charge in [-0.2, -0.15) is 0 Å². The van der Waals surface area contributed by atoms with E-state index in [0.29, 0.717) is 10.3 Å². The molecule has 0 aliphatic rings. The smallest absolute Gasteiger partial charge is 0.492 e. The van der Waals surface area contributed by atoms with E-state index in [-0.39, 0.29) is 0 Å². The number of esters is 1. The Bertz CT molecular complexity index is 646. The quantitative estimate of drug-likeness (QED) is 0.653. The van der Waals surface area contributed by atoms with E-state index in [1.165, 1.54) is 6.92 Å². The summed E-state index contributed by atoms with van der Waals surface area (Å²) in [7, 11) is 0. The molecule has 1 heterocycles. The van der Waals surface area contributed by atoms with E-state index in [2.05, 4.69) is 9.57 Å². The molecule has 0 saturated carbocycles. The molecule has 0 spiro atoms. The van der Waals surface area contributed by atoms with Crippen LogP contribution < -0.4 is 4.84 Å². The van der Waals surface area contributed by atoms with Gasteiger partial charge in [-0.05, 0) is 12.1 Å². The highest BCUT2D eigenvalue weighted by atomic mass is 16.9. The molecule has 8 nitrogen and oxygen atoms in total. The molecule has 2 N–H and O–H groups in total. The summed E-state index contributed by atoms with van der Waals surface area (Å²) in [5.74, 6) is -1.67. The number of hydrogen-bond acceptors (Lipinski definition) is 7. The van der Waals surface area contributed by atoms with Crippen molar-refractivity contribution in [2.75, 3.05) is 0 Å². The number of benzene rings is 1. The van der Waals surface area contributed by atoms with Crippen molar-refractivity contribution >= 4 is 12.1 Å². The average Bonchev–Trinajstić information content (AvgIpc) is 2.79. The van der Waals surface area contributed by atoms with Crippen molar-refractivity contribution in [1.29, 1.82) is 0 Å². The van der Waals surface area contributed by atoms with E-state index >= 15 is 0 Å². The third kappa shape index (κ3) is 3.69. The van der Waals surface area contributed by atoms with Crippen molar-refractivity contribution in [3.05, 3.63) is 48.0 Å². The minimum Gasteiger partial charge on any atom is -0.492 e. The van der Waals surface area contributed by atoms with E-state index in [1.54, 1.807) is 30.3 Å². The molecular formula is C14H13NO7. The molecular weight excluding hydrogens is 294 g/mol. The molecule has 0 fully saturated rings. The largest absolute Gasteiger partial charge is 0.537 e. The van der Waals surface area contributed by atoms with Gasteiger partial charge in [-0.25, -0.2) is 9.59 Å². The van der Waals surface area contributed by atoms with Crippen molar-refractivity contribution in [2.45, 2.75) is 13.2 Å². The number of hydrogen-bond donors (Lipinski definition) is 2. The van der Waals surface area contributed by atoms with Gasteiger partial charge in [0.15, 0.2) is 0 Å². The van der Waals surface area contributed by atoms with Crippen LogP contribution in [-0.4, -0.2) is 33.4 Å².